The lowest BCUT2D eigenvalue weighted by molar-refractivity contribution is 0.0572. The highest BCUT2D eigenvalue weighted by atomic mass is 16.3. The molecule has 0 amide bonds. The van der Waals surface area contributed by atoms with Crippen molar-refractivity contribution in [3.63, 3.8) is 0 Å². The molecule has 12 heavy (non-hydrogen) atoms. The lowest BCUT2D eigenvalue weighted by Gasteiger charge is -2.25. The van der Waals surface area contributed by atoms with Gasteiger partial charge in [0.1, 0.15) is 0 Å². The zero-order chi connectivity index (χ0) is 9.35. The quantitative estimate of drug-likeness (QED) is 0.590. The Hall–Kier alpha value is -0.120. The van der Waals surface area contributed by atoms with Crippen LogP contribution < -0.4 is 0 Å². The van der Waals surface area contributed by atoms with E-state index in [1.807, 2.05) is 0 Å². The van der Waals surface area contributed by atoms with E-state index in [2.05, 4.69) is 25.7 Å². The van der Waals surface area contributed by atoms with Crippen molar-refractivity contribution in [2.24, 2.45) is 5.41 Å². The fraction of sp³-hybridized carbons (Fsp3) is 1.00. The molecule has 1 aliphatic heterocycles. The van der Waals surface area contributed by atoms with Crippen molar-refractivity contribution in [3.8, 4) is 0 Å². The molecular formula is C9H19NO2. The summed E-state index contributed by atoms with van der Waals surface area (Å²) in [6, 6.07) is 0. The number of aliphatic hydroxyl groups is 2. The van der Waals surface area contributed by atoms with Gasteiger partial charge in [0.2, 0.25) is 0 Å². The zero-order valence-corrected chi connectivity index (χ0v) is 8.12. The van der Waals surface area contributed by atoms with Crippen LogP contribution in [0.2, 0.25) is 0 Å². The maximum atomic E-state index is 9.27. The Balaban J connectivity index is 2.38. The van der Waals surface area contributed by atoms with Crippen molar-refractivity contribution in [3.05, 3.63) is 0 Å². The number of hydrogen-bond donors (Lipinski definition) is 2. The van der Waals surface area contributed by atoms with Crippen molar-refractivity contribution in [1.29, 1.82) is 0 Å². The van der Waals surface area contributed by atoms with E-state index in [4.69, 9.17) is 0 Å². The van der Waals surface area contributed by atoms with E-state index in [0.717, 1.165) is 6.54 Å². The van der Waals surface area contributed by atoms with Crippen molar-refractivity contribution in [2.45, 2.75) is 33.0 Å². The molecule has 0 radical (unpaired) electrons. The van der Waals surface area contributed by atoms with E-state index < -0.39 is 12.2 Å². The minimum atomic E-state index is -0.549. The van der Waals surface area contributed by atoms with Gasteiger partial charge in [-0.1, -0.05) is 20.8 Å². The van der Waals surface area contributed by atoms with Crippen LogP contribution in [0.25, 0.3) is 0 Å². The summed E-state index contributed by atoms with van der Waals surface area (Å²) in [5, 5.41) is 18.5. The van der Waals surface area contributed by atoms with Gasteiger partial charge < -0.3 is 10.2 Å². The summed E-state index contributed by atoms with van der Waals surface area (Å²) in [7, 11) is 0. The second-order valence-electron chi connectivity index (χ2n) is 4.89. The lowest BCUT2D eigenvalue weighted by atomic mass is 9.96. The van der Waals surface area contributed by atoms with Gasteiger partial charge in [-0.25, -0.2) is 0 Å². The molecule has 0 bridgehead atoms. The average molecular weight is 173 g/mol. The summed E-state index contributed by atoms with van der Waals surface area (Å²) in [6.07, 6.45) is -1.10. The predicted octanol–water partition coefficient (Wildman–Crippen LogP) is 0.0699. The first-order valence-electron chi connectivity index (χ1n) is 4.47. The number of likely N-dealkylation sites (tertiary alicyclic amines) is 1. The van der Waals surface area contributed by atoms with Gasteiger partial charge in [0.25, 0.3) is 0 Å². The summed E-state index contributed by atoms with van der Waals surface area (Å²) in [4.78, 5) is 2.11. The van der Waals surface area contributed by atoms with E-state index in [9.17, 15) is 10.2 Å². The van der Waals surface area contributed by atoms with Crippen LogP contribution >= 0.6 is 0 Å². The van der Waals surface area contributed by atoms with Crippen molar-refractivity contribution in [1.82, 2.24) is 4.90 Å². The number of nitrogens with zero attached hydrogens (tertiary/aromatic N) is 1. The Morgan fingerprint density at radius 1 is 1.17 bits per heavy atom. The van der Waals surface area contributed by atoms with Crippen molar-refractivity contribution < 1.29 is 10.2 Å². The van der Waals surface area contributed by atoms with Gasteiger partial charge in [0.05, 0.1) is 12.2 Å². The normalized spacial score (nSPS) is 32.8. The highest BCUT2D eigenvalue weighted by Gasteiger charge is 2.31. The third-order valence-electron chi connectivity index (χ3n) is 2.03. The van der Waals surface area contributed by atoms with E-state index in [1.54, 1.807) is 0 Å². The third kappa shape index (κ3) is 2.73. The largest absolute Gasteiger partial charge is 0.389 e. The molecule has 3 nitrogen and oxygen atoms in total. The van der Waals surface area contributed by atoms with E-state index in [1.165, 1.54) is 0 Å². The molecule has 0 aromatic heterocycles. The van der Waals surface area contributed by atoms with Gasteiger partial charge in [-0.05, 0) is 5.41 Å². The second kappa shape index (κ2) is 3.32. The Labute approximate surface area is 74.0 Å². The van der Waals surface area contributed by atoms with Crippen molar-refractivity contribution in [2.75, 3.05) is 19.6 Å². The molecule has 1 aliphatic rings. The molecular weight excluding hydrogens is 154 g/mol. The monoisotopic (exact) mass is 173 g/mol. The van der Waals surface area contributed by atoms with E-state index in [0.29, 0.717) is 13.1 Å². The lowest BCUT2D eigenvalue weighted by Crippen LogP contribution is -2.31. The number of β-amino-alcohol motifs (C(OH)–C–C–N with tert-alkyl or cyclic N) is 2. The highest BCUT2D eigenvalue weighted by Crippen LogP contribution is 2.19. The second-order valence-corrected chi connectivity index (χ2v) is 4.89. The van der Waals surface area contributed by atoms with Crippen LogP contribution in [-0.4, -0.2) is 47.0 Å². The smallest absolute Gasteiger partial charge is 0.0938 e. The molecule has 1 saturated heterocycles. The van der Waals surface area contributed by atoms with Crippen LogP contribution in [0.1, 0.15) is 20.8 Å². The maximum Gasteiger partial charge on any atom is 0.0938 e. The van der Waals surface area contributed by atoms with Gasteiger partial charge in [-0.15, -0.1) is 0 Å². The summed E-state index contributed by atoms with van der Waals surface area (Å²) >= 11 is 0. The van der Waals surface area contributed by atoms with Gasteiger partial charge >= 0.3 is 0 Å². The number of aliphatic hydroxyl groups excluding tert-OH is 2. The van der Waals surface area contributed by atoms with Crippen LogP contribution in [0.3, 0.4) is 0 Å². The topological polar surface area (TPSA) is 43.7 Å². The molecule has 0 aromatic carbocycles. The molecule has 0 saturated carbocycles. The fourth-order valence-electron chi connectivity index (χ4n) is 1.65. The van der Waals surface area contributed by atoms with Gasteiger partial charge in [0.15, 0.2) is 0 Å². The summed E-state index contributed by atoms with van der Waals surface area (Å²) in [5.41, 5.74) is 0.240. The van der Waals surface area contributed by atoms with Gasteiger partial charge in [-0.2, -0.15) is 0 Å². The molecule has 3 heteroatoms. The Kier molecular flexibility index (Phi) is 2.76. The van der Waals surface area contributed by atoms with Gasteiger partial charge in [0, 0.05) is 19.6 Å². The molecule has 0 aliphatic carbocycles. The Morgan fingerprint density at radius 3 is 1.92 bits per heavy atom. The minimum Gasteiger partial charge on any atom is -0.389 e. The van der Waals surface area contributed by atoms with Crippen LogP contribution in [0, 0.1) is 5.41 Å². The Morgan fingerprint density at radius 2 is 1.58 bits per heavy atom. The highest BCUT2D eigenvalue weighted by molar-refractivity contribution is 4.85. The predicted molar refractivity (Wildman–Crippen MR) is 47.9 cm³/mol. The first-order chi connectivity index (χ1) is 5.38. The molecule has 2 N–H and O–H groups in total. The molecule has 0 spiro atoms. The molecule has 72 valence electrons. The molecule has 0 unspecified atom stereocenters. The Bertz CT molecular complexity index is 143. The van der Waals surface area contributed by atoms with E-state index in [-0.39, 0.29) is 5.41 Å². The van der Waals surface area contributed by atoms with E-state index >= 15 is 0 Å². The molecule has 1 rings (SSSR count). The summed E-state index contributed by atoms with van der Waals surface area (Å²) < 4.78 is 0. The molecule has 1 fully saturated rings. The standard InChI is InChI=1S/C9H19NO2/c1-9(2,3)6-10-4-7(11)8(12)5-10/h7-8,11-12H,4-6H2,1-3H3/t7-,8-/m1/s1. The fourth-order valence-corrected chi connectivity index (χ4v) is 1.65. The minimum absolute atomic E-state index is 0.240. The molecule has 1 heterocycles. The van der Waals surface area contributed by atoms with Crippen LogP contribution in [-0.2, 0) is 0 Å². The van der Waals surface area contributed by atoms with Crippen LogP contribution in [0.15, 0.2) is 0 Å². The SMILES string of the molecule is CC(C)(C)CN1C[C@@H](O)[C@H](O)C1. The average Bonchev–Trinajstić information content (AvgIpc) is 2.07. The van der Waals surface area contributed by atoms with Crippen LogP contribution in [0.5, 0.6) is 0 Å². The molecule has 0 aromatic rings. The number of rotatable bonds is 1. The first-order valence-corrected chi connectivity index (χ1v) is 4.47. The zero-order valence-electron chi connectivity index (χ0n) is 8.12. The third-order valence-corrected chi connectivity index (χ3v) is 2.03. The van der Waals surface area contributed by atoms with Crippen LogP contribution in [0.4, 0.5) is 0 Å². The van der Waals surface area contributed by atoms with Gasteiger partial charge in [-0.3, -0.25) is 4.90 Å². The number of hydrogen-bond acceptors (Lipinski definition) is 3. The summed E-state index contributed by atoms with van der Waals surface area (Å²) in [5.74, 6) is 0. The summed E-state index contributed by atoms with van der Waals surface area (Å²) in [6.45, 7) is 8.62. The maximum absolute atomic E-state index is 9.27. The first kappa shape index (κ1) is 9.96. The molecule has 2 atom stereocenters. The van der Waals surface area contributed by atoms with Crippen molar-refractivity contribution >= 4 is 0 Å².